The lowest BCUT2D eigenvalue weighted by atomic mass is 10.1. The van der Waals surface area contributed by atoms with Crippen molar-refractivity contribution in [3.63, 3.8) is 0 Å². The summed E-state index contributed by atoms with van der Waals surface area (Å²) in [4.78, 5) is 4.13. The van der Waals surface area contributed by atoms with Gasteiger partial charge in [0.25, 0.3) is 0 Å². The Morgan fingerprint density at radius 1 is 1.50 bits per heavy atom. The maximum absolute atomic E-state index is 13.4. The average Bonchev–Trinajstić information content (AvgIpc) is 2.80. The van der Waals surface area contributed by atoms with Crippen LogP contribution in [0.3, 0.4) is 0 Å². The second-order valence-corrected chi connectivity index (χ2v) is 4.34. The Hall–Kier alpha value is -1.46. The molecule has 0 aliphatic heterocycles. The molecule has 0 bridgehead atoms. The van der Waals surface area contributed by atoms with Gasteiger partial charge in [-0.3, -0.25) is 0 Å². The quantitative estimate of drug-likeness (QED) is 0.927. The Morgan fingerprint density at radius 3 is 3.00 bits per heavy atom. The predicted molar refractivity (Wildman–Crippen MR) is 67.8 cm³/mol. The number of nitrogens with zero attached hydrogens (tertiary/aromatic N) is 3. The lowest BCUT2D eigenvalue weighted by Crippen LogP contribution is -2.19. The fourth-order valence-corrected chi connectivity index (χ4v) is 2.04. The maximum Gasteiger partial charge on any atom is 0.148 e. The SMILES string of the molecule is CCCn1ncnc1C(N)c1cccc(F)c1Cl. The Balaban J connectivity index is 2.38. The largest absolute Gasteiger partial charge is 0.318 e. The van der Waals surface area contributed by atoms with Gasteiger partial charge in [-0.1, -0.05) is 30.7 Å². The molecule has 0 fully saturated rings. The molecule has 0 saturated carbocycles. The molecule has 2 rings (SSSR count). The van der Waals surface area contributed by atoms with Crippen LogP contribution in [0.15, 0.2) is 24.5 Å². The first-order valence-corrected chi connectivity index (χ1v) is 6.10. The molecule has 1 unspecified atom stereocenters. The van der Waals surface area contributed by atoms with E-state index in [9.17, 15) is 4.39 Å². The van der Waals surface area contributed by atoms with Gasteiger partial charge in [-0.25, -0.2) is 14.1 Å². The van der Waals surface area contributed by atoms with Crippen LogP contribution in [0.25, 0.3) is 0 Å². The van der Waals surface area contributed by atoms with Gasteiger partial charge in [-0.05, 0) is 18.1 Å². The zero-order chi connectivity index (χ0) is 13.1. The topological polar surface area (TPSA) is 56.7 Å². The summed E-state index contributed by atoms with van der Waals surface area (Å²) in [6.07, 6.45) is 2.36. The minimum absolute atomic E-state index is 0.0380. The average molecular weight is 269 g/mol. The lowest BCUT2D eigenvalue weighted by Gasteiger charge is -2.14. The molecular formula is C12H14ClFN4. The first-order valence-electron chi connectivity index (χ1n) is 5.72. The number of rotatable bonds is 4. The Bertz CT molecular complexity index is 541. The summed E-state index contributed by atoms with van der Waals surface area (Å²) in [5.74, 6) is 0.107. The summed E-state index contributed by atoms with van der Waals surface area (Å²) < 4.78 is 15.1. The van der Waals surface area contributed by atoms with Crippen LogP contribution in [-0.2, 0) is 6.54 Å². The number of benzene rings is 1. The lowest BCUT2D eigenvalue weighted by molar-refractivity contribution is 0.551. The van der Waals surface area contributed by atoms with Gasteiger partial charge in [-0.2, -0.15) is 5.10 Å². The van der Waals surface area contributed by atoms with Crippen molar-refractivity contribution in [1.82, 2.24) is 14.8 Å². The molecule has 0 saturated heterocycles. The van der Waals surface area contributed by atoms with E-state index >= 15 is 0 Å². The van der Waals surface area contributed by atoms with E-state index in [0.717, 1.165) is 13.0 Å². The van der Waals surface area contributed by atoms with E-state index in [1.54, 1.807) is 16.8 Å². The molecule has 0 amide bonds. The van der Waals surface area contributed by atoms with E-state index in [4.69, 9.17) is 17.3 Å². The molecule has 0 aliphatic rings. The molecule has 1 aromatic carbocycles. The van der Waals surface area contributed by atoms with Gasteiger partial charge in [0.05, 0.1) is 11.1 Å². The van der Waals surface area contributed by atoms with Crippen LogP contribution < -0.4 is 5.73 Å². The van der Waals surface area contributed by atoms with Crippen molar-refractivity contribution in [2.45, 2.75) is 25.9 Å². The first-order chi connectivity index (χ1) is 8.65. The molecule has 0 spiro atoms. The summed E-state index contributed by atoms with van der Waals surface area (Å²) in [5.41, 5.74) is 6.60. The molecule has 6 heteroatoms. The van der Waals surface area contributed by atoms with E-state index < -0.39 is 11.9 Å². The third-order valence-corrected chi connectivity index (χ3v) is 3.07. The molecule has 2 N–H and O–H groups in total. The number of hydrogen-bond donors (Lipinski definition) is 1. The highest BCUT2D eigenvalue weighted by atomic mass is 35.5. The molecule has 18 heavy (non-hydrogen) atoms. The Morgan fingerprint density at radius 2 is 2.28 bits per heavy atom. The van der Waals surface area contributed by atoms with Crippen LogP contribution in [-0.4, -0.2) is 14.8 Å². The number of aryl methyl sites for hydroxylation is 1. The van der Waals surface area contributed by atoms with Crippen LogP contribution in [0.4, 0.5) is 4.39 Å². The summed E-state index contributed by atoms with van der Waals surface area (Å²) in [6, 6.07) is 4.00. The summed E-state index contributed by atoms with van der Waals surface area (Å²) in [6.45, 7) is 2.75. The second-order valence-electron chi connectivity index (χ2n) is 3.96. The van der Waals surface area contributed by atoms with Gasteiger partial charge >= 0.3 is 0 Å². The van der Waals surface area contributed by atoms with Gasteiger partial charge in [0.2, 0.25) is 0 Å². The molecule has 2 aromatic rings. The number of nitrogens with two attached hydrogens (primary N) is 1. The maximum atomic E-state index is 13.4. The van der Waals surface area contributed by atoms with Crippen LogP contribution >= 0.6 is 11.6 Å². The van der Waals surface area contributed by atoms with Crippen molar-refractivity contribution in [2.75, 3.05) is 0 Å². The highest BCUT2D eigenvalue weighted by Gasteiger charge is 2.19. The third-order valence-electron chi connectivity index (χ3n) is 2.68. The van der Waals surface area contributed by atoms with Crippen LogP contribution in [0.5, 0.6) is 0 Å². The van der Waals surface area contributed by atoms with Crippen molar-refractivity contribution >= 4 is 11.6 Å². The van der Waals surface area contributed by atoms with E-state index in [0.29, 0.717) is 11.4 Å². The minimum atomic E-state index is -0.581. The number of aromatic nitrogens is 3. The van der Waals surface area contributed by atoms with E-state index in [1.807, 2.05) is 6.92 Å². The summed E-state index contributed by atoms with van der Waals surface area (Å²) >= 11 is 5.92. The fraction of sp³-hybridized carbons (Fsp3) is 0.333. The zero-order valence-corrected chi connectivity index (χ0v) is 10.7. The van der Waals surface area contributed by atoms with Gasteiger partial charge in [-0.15, -0.1) is 0 Å². The third kappa shape index (κ3) is 2.37. The van der Waals surface area contributed by atoms with Gasteiger partial charge in [0.15, 0.2) is 0 Å². The predicted octanol–water partition coefficient (Wildman–Crippen LogP) is 2.53. The van der Waals surface area contributed by atoms with Crippen LogP contribution in [0, 0.1) is 5.82 Å². The second kappa shape index (κ2) is 5.46. The molecular weight excluding hydrogens is 255 g/mol. The van der Waals surface area contributed by atoms with E-state index in [-0.39, 0.29) is 5.02 Å². The molecule has 1 aromatic heterocycles. The highest BCUT2D eigenvalue weighted by molar-refractivity contribution is 6.31. The van der Waals surface area contributed by atoms with Crippen molar-refractivity contribution in [3.8, 4) is 0 Å². The van der Waals surface area contributed by atoms with E-state index in [1.165, 1.54) is 12.4 Å². The van der Waals surface area contributed by atoms with Gasteiger partial charge < -0.3 is 5.73 Å². The fourth-order valence-electron chi connectivity index (χ4n) is 1.80. The smallest absolute Gasteiger partial charge is 0.148 e. The first kappa shape index (κ1) is 13.0. The monoisotopic (exact) mass is 268 g/mol. The summed E-state index contributed by atoms with van der Waals surface area (Å²) in [7, 11) is 0. The normalized spacial score (nSPS) is 12.7. The molecule has 0 radical (unpaired) electrons. The van der Waals surface area contributed by atoms with Crippen molar-refractivity contribution in [3.05, 3.63) is 46.8 Å². The van der Waals surface area contributed by atoms with Crippen LogP contribution in [0.2, 0.25) is 5.02 Å². The van der Waals surface area contributed by atoms with Crippen LogP contribution in [0.1, 0.15) is 30.8 Å². The Kier molecular flexibility index (Phi) is 3.93. The molecule has 1 heterocycles. The highest BCUT2D eigenvalue weighted by Crippen LogP contribution is 2.27. The molecule has 96 valence electrons. The summed E-state index contributed by atoms with van der Waals surface area (Å²) in [5, 5.41) is 4.13. The minimum Gasteiger partial charge on any atom is -0.318 e. The van der Waals surface area contributed by atoms with Crippen molar-refractivity contribution in [1.29, 1.82) is 0 Å². The number of hydrogen-bond acceptors (Lipinski definition) is 3. The zero-order valence-electron chi connectivity index (χ0n) is 9.98. The molecule has 4 nitrogen and oxygen atoms in total. The van der Waals surface area contributed by atoms with Crippen molar-refractivity contribution < 1.29 is 4.39 Å². The molecule has 0 aliphatic carbocycles. The molecule has 1 atom stereocenters. The van der Waals surface area contributed by atoms with Gasteiger partial charge in [0, 0.05) is 6.54 Å². The van der Waals surface area contributed by atoms with E-state index in [2.05, 4.69) is 10.1 Å². The standard InChI is InChI=1S/C12H14ClFN4/c1-2-6-18-12(16-7-17-18)11(15)8-4-3-5-9(14)10(8)13/h3-5,7,11H,2,6,15H2,1H3. The Labute approximate surface area is 110 Å². The van der Waals surface area contributed by atoms with Crippen molar-refractivity contribution in [2.24, 2.45) is 5.73 Å². The van der Waals surface area contributed by atoms with Gasteiger partial charge in [0.1, 0.15) is 18.0 Å². The number of halogens is 2.